The van der Waals surface area contributed by atoms with Gasteiger partial charge in [0.2, 0.25) is 5.91 Å². The van der Waals surface area contributed by atoms with Gasteiger partial charge in [-0.15, -0.1) is 0 Å². The Hall–Kier alpha value is -2.53. The maximum Gasteiger partial charge on any atom is 0.224 e. The first-order valence-electron chi connectivity index (χ1n) is 8.68. The molecule has 1 atom stereocenters. The molecule has 0 fully saturated rings. The van der Waals surface area contributed by atoms with Crippen LogP contribution in [0.25, 0.3) is 0 Å². The molecule has 0 bridgehead atoms. The van der Waals surface area contributed by atoms with Crippen molar-refractivity contribution in [2.24, 2.45) is 0 Å². The van der Waals surface area contributed by atoms with E-state index in [9.17, 15) is 4.79 Å². The summed E-state index contributed by atoms with van der Waals surface area (Å²) >= 11 is 0. The second-order valence-electron chi connectivity index (χ2n) is 6.20. The second-order valence-corrected chi connectivity index (χ2v) is 6.20. The van der Waals surface area contributed by atoms with Crippen molar-refractivity contribution in [3.05, 3.63) is 59.2 Å². The molecule has 0 aliphatic heterocycles. The summed E-state index contributed by atoms with van der Waals surface area (Å²) in [6.07, 6.45) is 0.361. The standard InChI is InChI=1S/C21H27NO4/c1-15-5-7-17(8-6-15)13-21(23)22-16(2)18-9-10-19(20(14-18)25-4)26-12-11-24-3/h5-10,14,16H,11-13H2,1-4H3,(H,22,23)/t16-/m1/s1. The number of ether oxygens (including phenoxy) is 3. The van der Waals surface area contributed by atoms with E-state index in [1.54, 1.807) is 14.2 Å². The maximum absolute atomic E-state index is 12.3. The highest BCUT2D eigenvalue weighted by Gasteiger charge is 2.13. The molecule has 140 valence electrons. The second kappa shape index (κ2) is 9.82. The molecule has 2 rings (SSSR count). The first-order chi connectivity index (χ1) is 12.5. The van der Waals surface area contributed by atoms with Gasteiger partial charge in [0.05, 0.1) is 26.2 Å². The fourth-order valence-electron chi connectivity index (χ4n) is 2.57. The molecule has 0 spiro atoms. The lowest BCUT2D eigenvalue weighted by atomic mass is 10.1. The topological polar surface area (TPSA) is 56.8 Å². The Morgan fingerprint density at radius 3 is 2.42 bits per heavy atom. The Morgan fingerprint density at radius 1 is 1.04 bits per heavy atom. The summed E-state index contributed by atoms with van der Waals surface area (Å²) in [6, 6.07) is 13.5. The fourth-order valence-corrected chi connectivity index (χ4v) is 2.57. The minimum Gasteiger partial charge on any atom is -0.493 e. The summed E-state index contributed by atoms with van der Waals surface area (Å²) < 4.78 is 16.0. The van der Waals surface area contributed by atoms with E-state index in [0.717, 1.165) is 11.1 Å². The Labute approximate surface area is 155 Å². The number of hydrogen-bond donors (Lipinski definition) is 1. The summed E-state index contributed by atoms with van der Waals surface area (Å²) in [5, 5.41) is 3.03. The van der Waals surface area contributed by atoms with E-state index in [1.807, 2.05) is 56.3 Å². The lowest BCUT2D eigenvalue weighted by Crippen LogP contribution is -2.28. The highest BCUT2D eigenvalue weighted by atomic mass is 16.5. The SMILES string of the molecule is COCCOc1ccc([C@@H](C)NC(=O)Cc2ccc(C)cc2)cc1OC. The van der Waals surface area contributed by atoms with Crippen LogP contribution in [0.2, 0.25) is 0 Å². The average molecular weight is 357 g/mol. The third-order valence-electron chi connectivity index (χ3n) is 4.10. The number of methoxy groups -OCH3 is 2. The van der Waals surface area contributed by atoms with E-state index in [4.69, 9.17) is 14.2 Å². The average Bonchev–Trinajstić information content (AvgIpc) is 2.64. The number of carbonyl (C=O) groups excluding carboxylic acids is 1. The van der Waals surface area contributed by atoms with Crippen molar-refractivity contribution >= 4 is 5.91 Å². The van der Waals surface area contributed by atoms with Crippen LogP contribution in [-0.2, 0) is 16.0 Å². The summed E-state index contributed by atoms with van der Waals surface area (Å²) in [5.74, 6) is 1.28. The Bertz CT molecular complexity index is 712. The predicted molar refractivity (Wildman–Crippen MR) is 102 cm³/mol. The molecule has 0 saturated carbocycles. The van der Waals surface area contributed by atoms with Crippen molar-refractivity contribution in [1.29, 1.82) is 0 Å². The van der Waals surface area contributed by atoms with E-state index in [2.05, 4.69) is 5.32 Å². The van der Waals surface area contributed by atoms with Crippen LogP contribution in [0, 0.1) is 6.92 Å². The van der Waals surface area contributed by atoms with E-state index in [1.165, 1.54) is 5.56 Å². The minimum atomic E-state index is -0.130. The zero-order chi connectivity index (χ0) is 18.9. The largest absolute Gasteiger partial charge is 0.493 e. The zero-order valence-corrected chi connectivity index (χ0v) is 15.9. The molecule has 0 heterocycles. The van der Waals surface area contributed by atoms with Gasteiger partial charge in [-0.05, 0) is 37.1 Å². The summed E-state index contributed by atoms with van der Waals surface area (Å²) in [5.41, 5.74) is 3.14. The quantitative estimate of drug-likeness (QED) is 0.699. The number of benzene rings is 2. The van der Waals surface area contributed by atoms with E-state index in [-0.39, 0.29) is 11.9 Å². The van der Waals surface area contributed by atoms with Gasteiger partial charge in [0, 0.05) is 7.11 Å². The van der Waals surface area contributed by atoms with Crippen LogP contribution < -0.4 is 14.8 Å². The number of hydrogen-bond acceptors (Lipinski definition) is 4. The first-order valence-corrected chi connectivity index (χ1v) is 8.68. The molecule has 0 aliphatic rings. The van der Waals surface area contributed by atoms with Gasteiger partial charge in [0.1, 0.15) is 6.61 Å². The fraction of sp³-hybridized carbons (Fsp3) is 0.381. The summed E-state index contributed by atoms with van der Waals surface area (Å²) in [4.78, 5) is 12.3. The van der Waals surface area contributed by atoms with Gasteiger partial charge in [0.15, 0.2) is 11.5 Å². The molecule has 0 radical (unpaired) electrons. The van der Waals surface area contributed by atoms with Gasteiger partial charge in [-0.2, -0.15) is 0 Å². The number of aryl methyl sites for hydroxylation is 1. The highest BCUT2D eigenvalue weighted by Crippen LogP contribution is 2.30. The first kappa shape index (κ1) is 19.8. The molecule has 5 nitrogen and oxygen atoms in total. The van der Waals surface area contributed by atoms with Gasteiger partial charge >= 0.3 is 0 Å². The van der Waals surface area contributed by atoms with Crippen LogP contribution in [0.15, 0.2) is 42.5 Å². The maximum atomic E-state index is 12.3. The Morgan fingerprint density at radius 2 is 1.77 bits per heavy atom. The van der Waals surface area contributed by atoms with E-state index in [0.29, 0.717) is 31.1 Å². The van der Waals surface area contributed by atoms with Crippen molar-refractivity contribution in [1.82, 2.24) is 5.32 Å². The smallest absolute Gasteiger partial charge is 0.224 e. The molecule has 1 N–H and O–H groups in total. The third-order valence-corrected chi connectivity index (χ3v) is 4.10. The van der Waals surface area contributed by atoms with Crippen LogP contribution >= 0.6 is 0 Å². The molecule has 0 aromatic heterocycles. The van der Waals surface area contributed by atoms with Crippen molar-refractivity contribution in [3.63, 3.8) is 0 Å². The molecular weight excluding hydrogens is 330 g/mol. The third kappa shape index (κ3) is 5.77. The summed E-state index contributed by atoms with van der Waals surface area (Å²) in [6.45, 7) is 4.95. The van der Waals surface area contributed by atoms with Crippen molar-refractivity contribution in [2.75, 3.05) is 27.4 Å². The summed E-state index contributed by atoms with van der Waals surface area (Å²) in [7, 11) is 3.23. The predicted octanol–water partition coefficient (Wildman–Crippen LogP) is 3.45. The molecular formula is C21H27NO4. The lowest BCUT2D eigenvalue weighted by Gasteiger charge is -2.17. The molecule has 0 unspecified atom stereocenters. The number of nitrogens with one attached hydrogen (secondary N) is 1. The van der Waals surface area contributed by atoms with Gasteiger partial charge in [-0.25, -0.2) is 0 Å². The number of rotatable bonds is 9. The molecule has 2 aromatic rings. The van der Waals surface area contributed by atoms with Crippen LogP contribution in [0.3, 0.4) is 0 Å². The molecule has 1 amide bonds. The van der Waals surface area contributed by atoms with Gasteiger partial charge in [-0.3, -0.25) is 4.79 Å². The van der Waals surface area contributed by atoms with Gasteiger partial charge in [-0.1, -0.05) is 35.9 Å². The van der Waals surface area contributed by atoms with Crippen molar-refractivity contribution in [3.8, 4) is 11.5 Å². The minimum absolute atomic E-state index is 0.0132. The van der Waals surface area contributed by atoms with Gasteiger partial charge < -0.3 is 19.5 Å². The molecule has 0 saturated heterocycles. The molecule has 2 aromatic carbocycles. The highest BCUT2D eigenvalue weighted by molar-refractivity contribution is 5.79. The van der Waals surface area contributed by atoms with Crippen LogP contribution in [0.1, 0.15) is 29.7 Å². The van der Waals surface area contributed by atoms with Crippen LogP contribution in [-0.4, -0.2) is 33.3 Å². The monoisotopic (exact) mass is 357 g/mol. The Balaban J connectivity index is 1.98. The molecule has 5 heteroatoms. The zero-order valence-electron chi connectivity index (χ0n) is 15.9. The van der Waals surface area contributed by atoms with Crippen LogP contribution in [0.5, 0.6) is 11.5 Å². The lowest BCUT2D eigenvalue weighted by molar-refractivity contribution is -0.121. The van der Waals surface area contributed by atoms with E-state index < -0.39 is 0 Å². The molecule has 0 aliphatic carbocycles. The Kier molecular flexibility index (Phi) is 7.48. The van der Waals surface area contributed by atoms with Crippen LogP contribution in [0.4, 0.5) is 0 Å². The van der Waals surface area contributed by atoms with Crippen molar-refractivity contribution < 1.29 is 19.0 Å². The number of carbonyl (C=O) groups is 1. The van der Waals surface area contributed by atoms with Gasteiger partial charge in [0.25, 0.3) is 0 Å². The van der Waals surface area contributed by atoms with Crippen molar-refractivity contribution in [2.45, 2.75) is 26.3 Å². The number of amides is 1. The molecule has 26 heavy (non-hydrogen) atoms. The van der Waals surface area contributed by atoms with E-state index >= 15 is 0 Å². The normalized spacial score (nSPS) is 11.7.